The van der Waals surface area contributed by atoms with E-state index in [1.165, 1.54) is 0 Å². The molecule has 86 valence electrons. The first-order valence-corrected chi connectivity index (χ1v) is 5.49. The van der Waals surface area contributed by atoms with E-state index in [1.54, 1.807) is 0 Å². The van der Waals surface area contributed by atoms with Gasteiger partial charge in [0.05, 0.1) is 0 Å². The predicted octanol–water partition coefficient (Wildman–Crippen LogP) is 2.00. The molecular formula is C13H17NO2. The third-order valence-electron chi connectivity index (χ3n) is 3.24. The maximum absolute atomic E-state index is 11.2. The number of nitrogens with one attached hydrogen (secondary N) is 1. The number of carboxylic acid groups (broad SMARTS) is 1. The Kier molecular flexibility index (Phi) is 2.50. The first-order chi connectivity index (χ1) is 7.42. The lowest BCUT2D eigenvalue weighted by molar-refractivity contribution is -0.140. The molecule has 1 aromatic carbocycles. The maximum atomic E-state index is 11.2. The summed E-state index contributed by atoms with van der Waals surface area (Å²) in [6.07, 6.45) is 0. The van der Waals surface area contributed by atoms with Crippen molar-refractivity contribution in [2.75, 3.05) is 6.54 Å². The number of benzene rings is 1. The van der Waals surface area contributed by atoms with Gasteiger partial charge in [0.15, 0.2) is 0 Å². The number of aliphatic carboxylic acids is 1. The fourth-order valence-electron chi connectivity index (χ4n) is 2.32. The highest BCUT2D eigenvalue weighted by atomic mass is 16.4. The van der Waals surface area contributed by atoms with E-state index in [4.69, 9.17) is 0 Å². The molecule has 0 aromatic heterocycles. The molecule has 0 bridgehead atoms. The Labute approximate surface area is 95.5 Å². The molecule has 3 heteroatoms. The number of fused-ring (bicyclic) bond motifs is 1. The van der Waals surface area contributed by atoms with Crippen molar-refractivity contribution in [3.05, 3.63) is 34.9 Å². The average Bonchev–Trinajstić information content (AvgIpc) is 2.16. The van der Waals surface area contributed by atoms with E-state index < -0.39 is 12.0 Å². The van der Waals surface area contributed by atoms with Crippen molar-refractivity contribution in [2.45, 2.75) is 32.2 Å². The van der Waals surface area contributed by atoms with Crippen molar-refractivity contribution in [1.29, 1.82) is 0 Å². The molecule has 0 amide bonds. The SMILES string of the molecule is Cc1ccc2c(c1)[C@@H](C(=O)O)NCC2(C)C. The van der Waals surface area contributed by atoms with Gasteiger partial charge in [-0.25, -0.2) is 0 Å². The van der Waals surface area contributed by atoms with Crippen LogP contribution in [0.5, 0.6) is 0 Å². The summed E-state index contributed by atoms with van der Waals surface area (Å²) in [4.78, 5) is 11.2. The zero-order valence-corrected chi connectivity index (χ0v) is 9.87. The summed E-state index contributed by atoms with van der Waals surface area (Å²) in [7, 11) is 0. The molecule has 0 radical (unpaired) electrons. The molecule has 1 heterocycles. The minimum absolute atomic E-state index is 0.00498. The number of aryl methyl sites for hydroxylation is 1. The van der Waals surface area contributed by atoms with Gasteiger partial charge in [-0.15, -0.1) is 0 Å². The van der Waals surface area contributed by atoms with E-state index in [1.807, 2.05) is 19.1 Å². The van der Waals surface area contributed by atoms with Gasteiger partial charge in [-0.2, -0.15) is 0 Å². The first kappa shape index (κ1) is 11.1. The topological polar surface area (TPSA) is 49.3 Å². The Hall–Kier alpha value is -1.35. The quantitative estimate of drug-likeness (QED) is 0.759. The second-order valence-corrected chi connectivity index (χ2v) is 5.13. The summed E-state index contributed by atoms with van der Waals surface area (Å²) in [6.45, 7) is 6.94. The molecule has 2 N–H and O–H groups in total. The maximum Gasteiger partial charge on any atom is 0.325 e. The Morgan fingerprint density at radius 1 is 1.50 bits per heavy atom. The van der Waals surface area contributed by atoms with Crippen LogP contribution >= 0.6 is 0 Å². The average molecular weight is 219 g/mol. The zero-order valence-electron chi connectivity index (χ0n) is 9.87. The number of carbonyl (C=O) groups is 1. The molecular weight excluding hydrogens is 202 g/mol. The largest absolute Gasteiger partial charge is 0.480 e. The lowest BCUT2D eigenvalue weighted by atomic mass is 9.76. The van der Waals surface area contributed by atoms with Crippen molar-refractivity contribution in [1.82, 2.24) is 5.32 Å². The van der Waals surface area contributed by atoms with Gasteiger partial charge >= 0.3 is 5.97 Å². The Morgan fingerprint density at radius 3 is 2.81 bits per heavy atom. The molecule has 0 spiro atoms. The van der Waals surface area contributed by atoms with Crippen molar-refractivity contribution in [3.63, 3.8) is 0 Å². The molecule has 1 atom stereocenters. The lowest BCUT2D eigenvalue weighted by Gasteiger charge is -2.36. The zero-order chi connectivity index (χ0) is 11.9. The Morgan fingerprint density at radius 2 is 2.19 bits per heavy atom. The minimum atomic E-state index is -0.803. The highest BCUT2D eigenvalue weighted by Gasteiger charge is 2.35. The van der Waals surface area contributed by atoms with Gasteiger partial charge < -0.3 is 5.11 Å². The second kappa shape index (κ2) is 3.59. The van der Waals surface area contributed by atoms with Crippen molar-refractivity contribution < 1.29 is 9.90 Å². The van der Waals surface area contributed by atoms with Gasteiger partial charge in [0.25, 0.3) is 0 Å². The molecule has 3 nitrogen and oxygen atoms in total. The molecule has 0 unspecified atom stereocenters. The van der Waals surface area contributed by atoms with Crippen LogP contribution in [0.15, 0.2) is 18.2 Å². The van der Waals surface area contributed by atoms with Crippen molar-refractivity contribution in [3.8, 4) is 0 Å². The first-order valence-electron chi connectivity index (χ1n) is 5.49. The van der Waals surface area contributed by atoms with Crippen LogP contribution in [-0.2, 0) is 10.2 Å². The highest BCUT2D eigenvalue weighted by molar-refractivity contribution is 5.77. The normalized spacial score (nSPS) is 22.6. The fraction of sp³-hybridized carbons (Fsp3) is 0.462. The molecule has 16 heavy (non-hydrogen) atoms. The molecule has 1 aromatic rings. The van der Waals surface area contributed by atoms with Crippen LogP contribution < -0.4 is 5.32 Å². The van der Waals surface area contributed by atoms with Crippen LogP contribution in [0.1, 0.15) is 36.6 Å². The lowest BCUT2D eigenvalue weighted by Crippen LogP contribution is -2.44. The number of carboxylic acids is 1. The third-order valence-corrected chi connectivity index (χ3v) is 3.24. The van der Waals surface area contributed by atoms with Crippen LogP contribution in [-0.4, -0.2) is 17.6 Å². The van der Waals surface area contributed by atoms with Gasteiger partial charge in [0.2, 0.25) is 0 Å². The van der Waals surface area contributed by atoms with Gasteiger partial charge in [-0.3, -0.25) is 10.1 Å². The van der Waals surface area contributed by atoms with E-state index in [0.717, 1.165) is 16.7 Å². The smallest absolute Gasteiger partial charge is 0.325 e. The summed E-state index contributed by atoms with van der Waals surface area (Å²) in [5, 5.41) is 12.3. The van der Waals surface area contributed by atoms with Crippen LogP contribution in [0.4, 0.5) is 0 Å². The molecule has 1 aliphatic heterocycles. The summed E-state index contributed by atoms with van der Waals surface area (Å²) < 4.78 is 0. The Balaban J connectivity index is 2.58. The summed E-state index contributed by atoms with van der Waals surface area (Å²) in [6, 6.07) is 5.51. The van der Waals surface area contributed by atoms with E-state index in [2.05, 4.69) is 25.2 Å². The predicted molar refractivity (Wildman–Crippen MR) is 62.6 cm³/mol. The van der Waals surface area contributed by atoms with Gasteiger partial charge in [-0.05, 0) is 18.1 Å². The molecule has 0 saturated carbocycles. The monoisotopic (exact) mass is 219 g/mol. The summed E-state index contributed by atoms with van der Waals surface area (Å²) in [5.74, 6) is -0.803. The summed E-state index contributed by atoms with van der Waals surface area (Å²) in [5.41, 5.74) is 3.15. The van der Waals surface area contributed by atoms with E-state index in [-0.39, 0.29) is 5.41 Å². The van der Waals surface area contributed by atoms with Crippen molar-refractivity contribution >= 4 is 5.97 Å². The molecule has 2 rings (SSSR count). The molecule has 0 saturated heterocycles. The van der Waals surface area contributed by atoms with E-state index in [0.29, 0.717) is 6.54 Å². The minimum Gasteiger partial charge on any atom is -0.480 e. The molecule has 0 aliphatic carbocycles. The standard InChI is InChI=1S/C13H17NO2/c1-8-4-5-10-9(6-8)11(12(15)16)14-7-13(10,2)3/h4-6,11,14H,7H2,1-3H3,(H,15,16)/t11-/m0/s1. The number of hydrogen-bond acceptors (Lipinski definition) is 2. The molecule has 0 fully saturated rings. The van der Waals surface area contributed by atoms with Gasteiger partial charge in [0, 0.05) is 12.0 Å². The highest BCUT2D eigenvalue weighted by Crippen LogP contribution is 2.34. The van der Waals surface area contributed by atoms with Crippen LogP contribution in [0.2, 0.25) is 0 Å². The Bertz CT molecular complexity index is 438. The van der Waals surface area contributed by atoms with Crippen molar-refractivity contribution in [2.24, 2.45) is 0 Å². The van der Waals surface area contributed by atoms with Crippen LogP contribution in [0, 0.1) is 6.92 Å². The van der Waals surface area contributed by atoms with Gasteiger partial charge in [-0.1, -0.05) is 37.6 Å². The second-order valence-electron chi connectivity index (χ2n) is 5.13. The third kappa shape index (κ3) is 1.71. The molecule has 1 aliphatic rings. The van der Waals surface area contributed by atoms with Crippen LogP contribution in [0.3, 0.4) is 0 Å². The number of hydrogen-bond donors (Lipinski definition) is 2. The summed E-state index contributed by atoms with van der Waals surface area (Å²) >= 11 is 0. The number of rotatable bonds is 1. The van der Waals surface area contributed by atoms with Crippen LogP contribution in [0.25, 0.3) is 0 Å². The van der Waals surface area contributed by atoms with Gasteiger partial charge in [0.1, 0.15) is 6.04 Å². The fourth-order valence-corrected chi connectivity index (χ4v) is 2.32. The van der Waals surface area contributed by atoms with E-state index >= 15 is 0 Å². The van der Waals surface area contributed by atoms with E-state index in [9.17, 15) is 9.90 Å².